The first-order valence-electron chi connectivity index (χ1n) is 10.0. The maximum Gasteiger partial charge on any atom is 0.321 e. The van der Waals surface area contributed by atoms with Crippen molar-refractivity contribution >= 4 is 39.2 Å². The lowest BCUT2D eigenvalue weighted by atomic mass is 10.2. The third-order valence-electron chi connectivity index (χ3n) is 5.24. The van der Waals surface area contributed by atoms with Crippen molar-refractivity contribution in [2.45, 2.75) is 0 Å². The van der Waals surface area contributed by atoms with Gasteiger partial charge in [0.05, 0.1) is 16.5 Å². The van der Waals surface area contributed by atoms with Crippen molar-refractivity contribution in [1.29, 1.82) is 0 Å². The lowest BCUT2D eigenvalue weighted by Gasteiger charge is -2.34. The van der Waals surface area contributed by atoms with E-state index in [1.54, 1.807) is 33.3 Å². The monoisotopic (exact) mass is 432 g/mol. The summed E-state index contributed by atoms with van der Waals surface area (Å²) in [5.41, 5.74) is 2.66. The van der Waals surface area contributed by atoms with Gasteiger partial charge in [-0.2, -0.15) is 0 Å². The quantitative estimate of drug-likeness (QED) is 0.515. The number of nitrogens with zero attached hydrogens (tertiary/aromatic N) is 3. The molecule has 31 heavy (non-hydrogen) atoms. The second kappa shape index (κ2) is 8.23. The average Bonchev–Trinajstić information content (AvgIpc) is 3.49. The van der Waals surface area contributed by atoms with E-state index in [0.717, 1.165) is 26.5 Å². The Morgan fingerprint density at radius 1 is 0.935 bits per heavy atom. The van der Waals surface area contributed by atoms with E-state index in [1.165, 1.54) is 6.26 Å². The molecular formula is C23H20N4O3S. The van der Waals surface area contributed by atoms with Gasteiger partial charge < -0.3 is 19.5 Å². The highest BCUT2D eigenvalue weighted by Crippen LogP contribution is 2.31. The minimum atomic E-state index is -0.174. The van der Waals surface area contributed by atoms with Gasteiger partial charge in [0.1, 0.15) is 5.01 Å². The zero-order chi connectivity index (χ0) is 21.2. The number of aromatic nitrogens is 1. The van der Waals surface area contributed by atoms with Crippen LogP contribution in [0, 0.1) is 0 Å². The molecule has 0 atom stereocenters. The standard InChI is InChI=1S/C23H20N4O3S/c28-22(19-8-4-14-30-19)26-10-12-27(13-11-26)23(29)24-17-6-3-5-16(15-17)21-25-18-7-1-2-9-20(18)31-21/h1-9,14-15H,10-13H2,(H,24,29). The molecule has 1 fully saturated rings. The number of hydrogen-bond donors (Lipinski definition) is 1. The molecule has 0 radical (unpaired) electrons. The Labute approximate surface area is 182 Å². The van der Waals surface area contributed by atoms with E-state index in [0.29, 0.717) is 31.9 Å². The molecule has 0 unspecified atom stereocenters. The van der Waals surface area contributed by atoms with Gasteiger partial charge in [-0.1, -0.05) is 24.3 Å². The molecule has 156 valence electrons. The number of rotatable bonds is 3. The predicted molar refractivity (Wildman–Crippen MR) is 120 cm³/mol. The molecule has 1 aliphatic heterocycles. The van der Waals surface area contributed by atoms with Crippen molar-refractivity contribution in [2.75, 3.05) is 31.5 Å². The highest BCUT2D eigenvalue weighted by Gasteiger charge is 2.26. The van der Waals surface area contributed by atoms with Crippen molar-refractivity contribution in [3.05, 3.63) is 72.7 Å². The Morgan fingerprint density at radius 2 is 1.74 bits per heavy atom. The van der Waals surface area contributed by atoms with Crippen LogP contribution in [0.2, 0.25) is 0 Å². The zero-order valence-electron chi connectivity index (χ0n) is 16.7. The number of furan rings is 1. The molecule has 8 heteroatoms. The number of carbonyl (C=O) groups excluding carboxylic acids is 2. The van der Waals surface area contributed by atoms with Gasteiger partial charge in [-0.3, -0.25) is 4.79 Å². The smallest absolute Gasteiger partial charge is 0.321 e. The van der Waals surface area contributed by atoms with E-state index in [2.05, 4.69) is 16.4 Å². The van der Waals surface area contributed by atoms with Crippen LogP contribution >= 0.6 is 11.3 Å². The summed E-state index contributed by atoms with van der Waals surface area (Å²) in [5, 5.41) is 3.89. The number of nitrogens with one attached hydrogen (secondary N) is 1. The summed E-state index contributed by atoms with van der Waals surface area (Å²) in [6, 6.07) is 18.9. The lowest BCUT2D eigenvalue weighted by Crippen LogP contribution is -2.51. The Hall–Kier alpha value is -3.65. The summed E-state index contributed by atoms with van der Waals surface area (Å²) in [6.07, 6.45) is 1.49. The summed E-state index contributed by atoms with van der Waals surface area (Å²) >= 11 is 1.63. The van der Waals surface area contributed by atoms with Gasteiger partial charge in [0.2, 0.25) is 0 Å². The minimum absolute atomic E-state index is 0.145. The largest absolute Gasteiger partial charge is 0.459 e. The molecule has 0 aliphatic carbocycles. The summed E-state index contributed by atoms with van der Waals surface area (Å²) in [7, 11) is 0. The van der Waals surface area contributed by atoms with Gasteiger partial charge in [-0.25, -0.2) is 9.78 Å². The van der Waals surface area contributed by atoms with E-state index in [9.17, 15) is 9.59 Å². The van der Waals surface area contributed by atoms with Crippen LogP contribution in [-0.2, 0) is 0 Å². The number of urea groups is 1. The molecule has 0 bridgehead atoms. The van der Waals surface area contributed by atoms with Gasteiger partial charge in [-0.15, -0.1) is 11.3 Å². The van der Waals surface area contributed by atoms with Gasteiger partial charge >= 0.3 is 6.03 Å². The van der Waals surface area contributed by atoms with E-state index in [-0.39, 0.29) is 11.9 Å². The van der Waals surface area contributed by atoms with Crippen molar-refractivity contribution in [3.63, 3.8) is 0 Å². The van der Waals surface area contributed by atoms with Crippen LogP contribution in [0.25, 0.3) is 20.8 Å². The number of hydrogen-bond acceptors (Lipinski definition) is 5. The van der Waals surface area contributed by atoms with Crippen LogP contribution in [-0.4, -0.2) is 52.9 Å². The highest BCUT2D eigenvalue weighted by atomic mass is 32.1. The maximum absolute atomic E-state index is 12.7. The van der Waals surface area contributed by atoms with Gasteiger partial charge in [-0.05, 0) is 36.4 Å². The predicted octanol–water partition coefficient (Wildman–Crippen LogP) is 4.55. The fraction of sp³-hybridized carbons (Fsp3) is 0.174. The molecular weight excluding hydrogens is 412 g/mol. The molecule has 2 aromatic heterocycles. The fourth-order valence-electron chi connectivity index (χ4n) is 3.60. The Kier molecular flexibility index (Phi) is 5.13. The van der Waals surface area contributed by atoms with Crippen molar-refractivity contribution in [3.8, 4) is 10.6 Å². The number of fused-ring (bicyclic) bond motifs is 1. The molecule has 0 spiro atoms. The first-order valence-corrected chi connectivity index (χ1v) is 10.8. The van der Waals surface area contributed by atoms with Crippen molar-refractivity contribution in [1.82, 2.24) is 14.8 Å². The third-order valence-corrected chi connectivity index (χ3v) is 6.33. The normalized spacial score (nSPS) is 14.1. The van der Waals surface area contributed by atoms with Crippen molar-refractivity contribution < 1.29 is 14.0 Å². The average molecular weight is 433 g/mol. The first kappa shape index (κ1) is 19.3. The first-order chi connectivity index (χ1) is 15.2. The Morgan fingerprint density at radius 3 is 2.52 bits per heavy atom. The van der Waals surface area contributed by atoms with Gasteiger partial charge in [0, 0.05) is 37.4 Å². The Bertz CT molecular complexity index is 1190. The summed E-state index contributed by atoms with van der Waals surface area (Å²) < 4.78 is 6.31. The SMILES string of the molecule is O=C(Nc1cccc(-c2nc3ccccc3s2)c1)N1CCN(C(=O)c2ccco2)CC1. The highest BCUT2D eigenvalue weighted by molar-refractivity contribution is 7.21. The Balaban J connectivity index is 1.23. The van der Waals surface area contributed by atoms with Crippen molar-refractivity contribution in [2.24, 2.45) is 0 Å². The molecule has 3 amide bonds. The van der Waals surface area contributed by atoms with Crippen LogP contribution in [0.15, 0.2) is 71.3 Å². The number of benzene rings is 2. The number of carbonyl (C=O) groups is 2. The molecule has 1 aliphatic rings. The zero-order valence-corrected chi connectivity index (χ0v) is 17.5. The molecule has 4 aromatic rings. The number of piperazine rings is 1. The second-order valence-corrected chi connectivity index (χ2v) is 8.28. The van der Waals surface area contributed by atoms with Crippen LogP contribution in [0.5, 0.6) is 0 Å². The van der Waals surface area contributed by atoms with Crippen LogP contribution in [0.3, 0.4) is 0 Å². The molecule has 2 aromatic carbocycles. The van der Waals surface area contributed by atoms with E-state index >= 15 is 0 Å². The summed E-state index contributed by atoms with van der Waals surface area (Å²) in [5.74, 6) is 0.179. The maximum atomic E-state index is 12.7. The second-order valence-electron chi connectivity index (χ2n) is 7.25. The van der Waals surface area contributed by atoms with Crippen LogP contribution in [0.1, 0.15) is 10.6 Å². The van der Waals surface area contributed by atoms with Crippen LogP contribution < -0.4 is 5.32 Å². The third kappa shape index (κ3) is 4.02. The van der Waals surface area contributed by atoms with E-state index in [1.807, 2.05) is 42.5 Å². The van der Waals surface area contributed by atoms with E-state index in [4.69, 9.17) is 4.42 Å². The molecule has 7 nitrogen and oxygen atoms in total. The number of anilines is 1. The molecule has 1 saturated heterocycles. The van der Waals surface area contributed by atoms with Crippen LogP contribution in [0.4, 0.5) is 10.5 Å². The van der Waals surface area contributed by atoms with Gasteiger partial charge in [0.15, 0.2) is 5.76 Å². The lowest BCUT2D eigenvalue weighted by molar-refractivity contribution is 0.0640. The minimum Gasteiger partial charge on any atom is -0.459 e. The summed E-state index contributed by atoms with van der Waals surface area (Å²) in [4.78, 5) is 33.2. The molecule has 1 N–H and O–H groups in total. The molecule has 5 rings (SSSR count). The number of para-hydroxylation sites is 1. The fourth-order valence-corrected chi connectivity index (χ4v) is 4.56. The number of thiazole rings is 1. The topological polar surface area (TPSA) is 78.7 Å². The molecule has 3 heterocycles. The summed E-state index contributed by atoms with van der Waals surface area (Å²) in [6.45, 7) is 1.88. The molecule has 0 saturated carbocycles. The van der Waals surface area contributed by atoms with E-state index < -0.39 is 0 Å². The number of amides is 3. The van der Waals surface area contributed by atoms with Gasteiger partial charge in [0.25, 0.3) is 5.91 Å².